The summed E-state index contributed by atoms with van der Waals surface area (Å²) in [5.74, 6) is -2.72. The number of likely N-dealkylation sites (tertiary alicyclic amines) is 1. The zero-order valence-electron chi connectivity index (χ0n) is 23.0. The van der Waals surface area contributed by atoms with Gasteiger partial charge in [-0.1, -0.05) is 24.1 Å². The van der Waals surface area contributed by atoms with Crippen molar-refractivity contribution in [3.63, 3.8) is 0 Å². The van der Waals surface area contributed by atoms with Crippen molar-refractivity contribution >= 4 is 21.9 Å². The number of carbonyl (C=O) groups excluding carboxylic acids is 1. The number of carboxylic acid groups (broad SMARTS) is 1. The molecule has 0 aromatic heterocycles. The molecule has 0 bridgehead atoms. The van der Waals surface area contributed by atoms with Crippen molar-refractivity contribution in [2.75, 3.05) is 58.9 Å². The number of carbonyl (C=O) groups is 2. The fourth-order valence-corrected chi connectivity index (χ4v) is 6.89. The zero-order chi connectivity index (χ0) is 29.2. The lowest BCUT2D eigenvalue weighted by Crippen LogP contribution is -2.47. The molecule has 39 heavy (non-hydrogen) atoms. The van der Waals surface area contributed by atoms with E-state index in [-0.39, 0.29) is 18.9 Å². The second kappa shape index (κ2) is 15.0. The first-order valence-electron chi connectivity index (χ1n) is 13.3. The van der Waals surface area contributed by atoms with Crippen molar-refractivity contribution < 1.29 is 36.3 Å². The fraction of sp³-hybridized carbons (Fsp3) is 0.692. The number of nitrogens with one attached hydrogen (secondary N) is 1. The van der Waals surface area contributed by atoms with Crippen LogP contribution in [-0.4, -0.2) is 105 Å². The van der Waals surface area contributed by atoms with Crippen molar-refractivity contribution in [3.05, 3.63) is 28.8 Å². The quantitative estimate of drug-likeness (QED) is 0.464. The highest BCUT2D eigenvalue weighted by Crippen LogP contribution is 2.26. The second-order valence-electron chi connectivity index (χ2n) is 10.1. The molecule has 1 amide bonds. The van der Waals surface area contributed by atoms with E-state index >= 15 is 0 Å². The molecule has 2 N–H and O–H groups in total. The zero-order valence-corrected chi connectivity index (χ0v) is 23.8. The first-order chi connectivity index (χ1) is 18.2. The van der Waals surface area contributed by atoms with E-state index in [1.807, 2.05) is 37.8 Å². The van der Waals surface area contributed by atoms with Crippen molar-refractivity contribution in [1.82, 2.24) is 19.4 Å². The standard InChI is InChI=1S/C24H40N4O3S.C2HF3O2/c1-20-18-21(2)24(22(3)19-20)32(30,31)28(14-7-13-26-11-5-4-6-12-26)15-8-23(29)27-16-9-25-10-17-27;3-2(4,5)1(6)7/h18-19,25H,4-17H2,1-3H3;(H,6,7). The van der Waals surface area contributed by atoms with Crippen LogP contribution in [0.5, 0.6) is 0 Å². The average Bonchev–Trinajstić information content (AvgIpc) is 2.86. The summed E-state index contributed by atoms with van der Waals surface area (Å²) in [5.41, 5.74) is 2.61. The van der Waals surface area contributed by atoms with Gasteiger partial charge in [-0.05, 0) is 70.8 Å². The molecule has 0 unspecified atom stereocenters. The second-order valence-corrected chi connectivity index (χ2v) is 11.9. The Morgan fingerprint density at radius 2 is 1.51 bits per heavy atom. The van der Waals surface area contributed by atoms with Gasteiger partial charge in [0, 0.05) is 45.7 Å². The summed E-state index contributed by atoms with van der Waals surface area (Å²) in [4.78, 5) is 26.3. The number of piperidine rings is 1. The van der Waals surface area contributed by atoms with Crippen LogP contribution in [0.4, 0.5) is 13.2 Å². The van der Waals surface area contributed by atoms with Crippen LogP contribution < -0.4 is 5.32 Å². The normalized spacial score (nSPS) is 17.1. The summed E-state index contributed by atoms with van der Waals surface area (Å²) in [6.07, 6.45) is -0.332. The molecule has 13 heteroatoms. The number of carboxylic acids is 1. The molecule has 9 nitrogen and oxygen atoms in total. The van der Waals surface area contributed by atoms with Crippen molar-refractivity contribution in [2.24, 2.45) is 0 Å². The molecule has 3 rings (SSSR count). The van der Waals surface area contributed by atoms with Crippen LogP contribution in [0.15, 0.2) is 17.0 Å². The average molecular weight is 579 g/mol. The number of hydrogen-bond acceptors (Lipinski definition) is 6. The molecule has 222 valence electrons. The molecule has 0 aliphatic carbocycles. The van der Waals surface area contributed by atoms with Gasteiger partial charge in [-0.25, -0.2) is 13.2 Å². The number of sulfonamides is 1. The number of benzene rings is 1. The van der Waals surface area contributed by atoms with Gasteiger partial charge in [0.15, 0.2) is 0 Å². The van der Waals surface area contributed by atoms with Gasteiger partial charge in [-0.3, -0.25) is 4.79 Å². The molecule has 0 spiro atoms. The molecule has 0 saturated carbocycles. The molecule has 1 aromatic carbocycles. The molecule has 2 saturated heterocycles. The number of amides is 1. The van der Waals surface area contributed by atoms with E-state index in [1.54, 1.807) is 4.31 Å². The molecule has 2 aliphatic heterocycles. The van der Waals surface area contributed by atoms with Gasteiger partial charge in [-0.15, -0.1) is 0 Å². The first kappa shape index (κ1) is 33.0. The largest absolute Gasteiger partial charge is 0.490 e. The topological polar surface area (TPSA) is 110 Å². The van der Waals surface area contributed by atoms with Gasteiger partial charge in [0.2, 0.25) is 15.9 Å². The van der Waals surface area contributed by atoms with Gasteiger partial charge in [0.25, 0.3) is 0 Å². The van der Waals surface area contributed by atoms with Crippen LogP contribution in [0, 0.1) is 20.8 Å². The monoisotopic (exact) mass is 578 g/mol. The van der Waals surface area contributed by atoms with E-state index in [0.29, 0.717) is 24.5 Å². The lowest BCUT2D eigenvalue weighted by Gasteiger charge is -2.30. The summed E-state index contributed by atoms with van der Waals surface area (Å²) in [6, 6.07) is 3.86. The Hall–Kier alpha value is -2.22. The SMILES string of the molecule is Cc1cc(C)c(S(=O)(=O)N(CCCN2CCCCC2)CCC(=O)N2CCNCC2)c(C)c1.O=C(O)C(F)(F)F. The molecular weight excluding hydrogens is 537 g/mol. The van der Waals surface area contributed by atoms with Crippen LogP contribution in [0.3, 0.4) is 0 Å². The van der Waals surface area contributed by atoms with E-state index in [4.69, 9.17) is 9.90 Å². The van der Waals surface area contributed by atoms with Gasteiger partial charge in [0.1, 0.15) is 0 Å². The molecule has 2 aliphatic rings. The minimum atomic E-state index is -5.08. The number of alkyl halides is 3. The lowest BCUT2D eigenvalue weighted by atomic mass is 10.1. The maximum Gasteiger partial charge on any atom is 0.490 e. The maximum atomic E-state index is 13.7. The van der Waals surface area contributed by atoms with Gasteiger partial charge in [-0.2, -0.15) is 17.5 Å². The maximum absolute atomic E-state index is 13.7. The van der Waals surface area contributed by atoms with Gasteiger partial charge >= 0.3 is 12.1 Å². The van der Waals surface area contributed by atoms with Crippen molar-refractivity contribution in [3.8, 4) is 0 Å². The number of piperazine rings is 1. The van der Waals surface area contributed by atoms with Crippen molar-refractivity contribution in [2.45, 2.75) is 63.9 Å². The molecule has 0 radical (unpaired) electrons. The molecule has 0 atom stereocenters. The van der Waals surface area contributed by atoms with Crippen LogP contribution in [0.25, 0.3) is 0 Å². The molecular formula is C26H41F3N4O5S. The first-order valence-corrected chi connectivity index (χ1v) is 14.8. The third kappa shape index (κ3) is 10.4. The Labute approximate surface area is 229 Å². The van der Waals surface area contributed by atoms with Crippen LogP contribution in [0.2, 0.25) is 0 Å². The summed E-state index contributed by atoms with van der Waals surface area (Å²) in [5, 5.41) is 10.4. The van der Waals surface area contributed by atoms with Gasteiger partial charge < -0.3 is 20.2 Å². The van der Waals surface area contributed by atoms with Crippen LogP contribution in [0.1, 0.15) is 48.8 Å². The Kier molecular flexibility index (Phi) is 12.7. The lowest BCUT2D eigenvalue weighted by molar-refractivity contribution is -0.192. The minimum absolute atomic E-state index is 0.0417. The predicted octanol–water partition coefficient (Wildman–Crippen LogP) is 2.93. The molecule has 2 fully saturated rings. The molecule has 1 aromatic rings. The molecule has 2 heterocycles. The highest BCUT2D eigenvalue weighted by molar-refractivity contribution is 7.89. The number of nitrogens with zero attached hydrogens (tertiary/aromatic N) is 3. The Balaban J connectivity index is 0.000000673. The van der Waals surface area contributed by atoms with Gasteiger partial charge in [0.05, 0.1) is 4.90 Å². The van der Waals surface area contributed by atoms with E-state index in [2.05, 4.69) is 10.2 Å². The predicted molar refractivity (Wildman–Crippen MR) is 142 cm³/mol. The Morgan fingerprint density at radius 1 is 0.974 bits per heavy atom. The highest BCUT2D eigenvalue weighted by atomic mass is 32.2. The number of aliphatic carboxylic acids is 1. The van der Waals surface area contributed by atoms with E-state index < -0.39 is 22.2 Å². The summed E-state index contributed by atoms with van der Waals surface area (Å²) in [6.45, 7) is 12.5. The summed E-state index contributed by atoms with van der Waals surface area (Å²) >= 11 is 0. The number of rotatable bonds is 9. The third-order valence-electron chi connectivity index (χ3n) is 6.82. The fourth-order valence-electron chi connectivity index (χ4n) is 5.00. The number of hydrogen-bond donors (Lipinski definition) is 2. The van der Waals surface area contributed by atoms with E-state index in [1.165, 1.54) is 19.3 Å². The summed E-state index contributed by atoms with van der Waals surface area (Å²) in [7, 11) is -3.68. The van der Waals surface area contributed by atoms with Crippen molar-refractivity contribution in [1.29, 1.82) is 0 Å². The number of halogens is 3. The smallest absolute Gasteiger partial charge is 0.475 e. The summed E-state index contributed by atoms with van der Waals surface area (Å²) < 4.78 is 60.8. The third-order valence-corrected chi connectivity index (χ3v) is 9.03. The van der Waals surface area contributed by atoms with E-state index in [0.717, 1.165) is 55.8 Å². The Morgan fingerprint density at radius 3 is 2.03 bits per heavy atom. The number of aryl methyl sites for hydroxylation is 3. The van der Waals surface area contributed by atoms with Crippen LogP contribution in [-0.2, 0) is 19.6 Å². The Bertz CT molecular complexity index is 1050. The highest BCUT2D eigenvalue weighted by Gasteiger charge is 2.38. The van der Waals surface area contributed by atoms with E-state index in [9.17, 15) is 26.4 Å². The minimum Gasteiger partial charge on any atom is -0.475 e. The van der Waals surface area contributed by atoms with Crippen LogP contribution >= 0.6 is 0 Å².